The maximum Gasteiger partial charge on any atom is -0.00489 e. The Balaban J connectivity index is 3.05. The quantitative estimate of drug-likeness (QED) is 0.0703. The zero-order chi connectivity index (χ0) is 26.0. The van der Waals surface area contributed by atoms with E-state index in [0.29, 0.717) is 0 Å². The molecule has 36 heavy (non-hydrogen) atoms. The summed E-state index contributed by atoms with van der Waals surface area (Å²) in [5.74, 6) is 0. The van der Waals surface area contributed by atoms with E-state index in [0.717, 1.165) is 6.54 Å². The van der Waals surface area contributed by atoms with Gasteiger partial charge in [-0.2, -0.15) is 0 Å². The van der Waals surface area contributed by atoms with Crippen LogP contribution in [0.25, 0.3) is 0 Å². The summed E-state index contributed by atoms with van der Waals surface area (Å²) in [5, 5.41) is 3.67. The molecule has 0 radical (unpaired) electrons. The van der Waals surface area contributed by atoms with Crippen LogP contribution in [-0.4, -0.2) is 19.6 Å². The lowest BCUT2D eigenvalue weighted by atomic mass is 10.0. The fourth-order valence-electron chi connectivity index (χ4n) is 5.14. The summed E-state index contributed by atoms with van der Waals surface area (Å²) >= 11 is 0. The lowest BCUT2D eigenvalue weighted by molar-refractivity contribution is 0.523. The van der Waals surface area contributed by atoms with Crippen molar-refractivity contribution < 1.29 is 0 Å². The molecule has 0 aromatic heterocycles. The van der Waals surface area contributed by atoms with Crippen LogP contribution in [-0.2, 0) is 0 Å². The van der Waals surface area contributed by atoms with Crippen LogP contribution in [0.3, 0.4) is 0 Å². The van der Waals surface area contributed by atoms with Gasteiger partial charge in [-0.1, -0.05) is 154 Å². The van der Waals surface area contributed by atoms with Gasteiger partial charge in [0, 0.05) is 0 Å². The van der Waals surface area contributed by atoms with Crippen molar-refractivity contribution in [1.29, 1.82) is 0 Å². The molecule has 0 atom stereocenters. The minimum Gasteiger partial charge on any atom is -0.330 e. The van der Waals surface area contributed by atoms with Crippen LogP contribution in [0.5, 0.6) is 0 Å². The Hall–Kier alpha value is -0.340. The maximum atomic E-state index is 5.53. The second kappa shape index (κ2) is 34.7. The van der Waals surface area contributed by atoms with E-state index >= 15 is 0 Å². The van der Waals surface area contributed by atoms with E-state index in [1.54, 1.807) is 0 Å². The first-order valence-electron chi connectivity index (χ1n) is 17.0. The number of nitrogens with one attached hydrogen (secondary N) is 1. The molecule has 0 saturated carbocycles. The molecule has 0 saturated heterocycles. The summed E-state index contributed by atoms with van der Waals surface area (Å²) in [6.07, 6.45) is 44.2. The van der Waals surface area contributed by atoms with E-state index < -0.39 is 0 Å². The average Bonchev–Trinajstić information content (AvgIpc) is 2.89. The van der Waals surface area contributed by atoms with E-state index in [9.17, 15) is 0 Å². The van der Waals surface area contributed by atoms with Gasteiger partial charge in [-0.25, -0.2) is 0 Å². The molecule has 0 aliphatic heterocycles. The van der Waals surface area contributed by atoms with Crippen LogP contribution >= 0.6 is 0 Å². The Bertz CT molecular complexity index is 393. The topological polar surface area (TPSA) is 38.0 Å². The average molecular weight is 507 g/mol. The van der Waals surface area contributed by atoms with Gasteiger partial charge in [0.25, 0.3) is 0 Å². The number of unbranched alkanes of at least 4 members (excludes halogenated alkanes) is 25. The van der Waals surface area contributed by atoms with Crippen molar-refractivity contribution in [2.75, 3.05) is 19.6 Å². The highest BCUT2D eigenvalue weighted by Gasteiger charge is 1.95. The highest BCUT2D eigenvalue weighted by molar-refractivity contribution is 4.81. The first kappa shape index (κ1) is 35.7. The molecule has 216 valence electrons. The molecular formula is C34H70N2. The van der Waals surface area contributed by atoms with Crippen molar-refractivity contribution in [1.82, 2.24) is 5.32 Å². The Labute approximate surface area is 229 Å². The minimum absolute atomic E-state index is 0.861. The second-order valence-electron chi connectivity index (χ2n) is 11.4. The van der Waals surface area contributed by atoms with Gasteiger partial charge >= 0.3 is 0 Å². The largest absolute Gasteiger partial charge is 0.330 e. The van der Waals surface area contributed by atoms with Crippen LogP contribution in [0.15, 0.2) is 12.2 Å². The van der Waals surface area contributed by atoms with Gasteiger partial charge in [-0.05, 0) is 64.6 Å². The van der Waals surface area contributed by atoms with Crippen LogP contribution < -0.4 is 11.1 Å². The normalized spacial score (nSPS) is 11.7. The molecule has 0 heterocycles. The zero-order valence-corrected chi connectivity index (χ0v) is 25.2. The molecule has 0 spiro atoms. The fourth-order valence-corrected chi connectivity index (χ4v) is 5.14. The monoisotopic (exact) mass is 507 g/mol. The van der Waals surface area contributed by atoms with E-state index in [-0.39, 0.29) is 0 Å². The van der Waals surface area contributed by atoms with Crippen molar-refractivity contribution in [3.63, 3.8) is 0 Å². The summed E-state index contributed by atoms with van der Waals surface area (Å²) in [7, 11) is 0. The van der Waals surface area contributed by atoms with Crippen LogP contribution in [0.2, 0.25) is 0 Å². The van der Waals surface area contributed by atoms with Crippen molar-refractivity contribution >= 4 is 0 Å². The summed E-state index contributed by atoms with van der Waals surface area (Å²) in [5.41, 5.74) is 5.53. The summed E-state index contributed by atoms with van der Waals surface area (Å²) in [6, 6.07) is 0. The summed E-state index contributed by atoms with van der Waals surface area (Å²) < 4.78 is 0. The van der Waals surface area contributed by atoms with Gasteiger partial charge in [0.05, 0.1) is 0 Å². The predicted octanol–water partition coefficient (Wildman–Crippen LogP) is 11.0. The molecule has 0 aromatic carbocycles. The van der Waals surface area contributed by atoms with Gasteiger partial charge in [-0.3, -0.25) is 0 Å². The molecule has 0 fully saturated rings. The molecule has 0 rings (SSSR count). The number of hydrogen-bond acceptors (Lipinski definition) is 2. The third-order valence-corrected chi connectivity index (χ3v) is 7.67. The first-order chi connectivity index (χ1) is 17.9. The number of nitrogens with two attached hydrogens (primary N) is 1. The van der Waals surface area contributed by atoms with Gasteiger partial charge in [-0.15, -0.1) is 0 Å². The zero-order valence-electron chi connectivity index (χ0n) is 25.2. The maximum absolute atomic E-state index is 5.53. The van der Waals surface area contributed by atoms with Crippen molar-refractivity contribution in [3.05, 3.63) is 12.2 Å². The molecule has 0 aromatic rings. The second-order valence-corrected chi connectivity index (χ2v) is 11.4. The number of rotatable bonds is 32. The lowest BCUT2D eigenvalue weighted by Crippen LogP contribution is -2.16. The van der Waals surface area contributed by atoms with Crippen molar-refractivity contribution in [2.45, 2.75) is 187 Å². The predicted molar refractivity (Wildman–Crippen MR) is 166 cm³/mol. The molecule has 2 nitrogen and oxygen atoms in total. The Kier molecular flexibility index (Phi) is 34.3. The standard InChI is InChI=1S/C34H70N2/c1-2-3-4-5-6-7-8-9-15-18-21-24-27-30-33-36-34-31-28-25-22-19-16-13-11-10-12-14-17-20-23-26-29-32-35/h10-11,36H,2-9,12-35H2,1H3. The minimum atomic E-state index is 0.861. The van der Waals surface area contributed by atoms with Crippen molar-refractivity contribution in [2.24, 2.45) is 5.73 Å². The summed E-state index contributed by atoms with van der Waals surface area (Å²) in [4.78, 5) is 0. The highest BCUT2D eigenvalue weighted by atomic mass is 14.8. The lowest BCUT2D eigenvalue weighted by Gasteiger charge is -2.05. The van der Waals surface area contributed by atoms with Crippen LogP contribution in [0.4, 0.5) is 0 Å². The smallest absolute Gasteiger partial charge is 0.00489 e. The highest BCUT2D eigenvalue weighted by Crippen LogP contribution is 2.13. The first-order valence-corrected chi connectivity index (χ1v) is 17.0. The van der Waals surface area contributed by atoms with Gasteiger partial charge in [0.15, 0.2) is 0 Å². The Morgan fingerprint density at radius 3 is 1.06 bits per heavy atom. The molecule has 2 heteroatoms. The summed E-state index contributed by atoms with van der Waals surface area (Å²) in [6.45, 7) is 5.63. The number of hydrogen-bond donors (Lipinski definition) is 2. The Morgan fingerprint density at radius 1 is 0.389 bits per heavy atom. The number of allylic oxidation sites excluding steroid dienone is 2. The van der Waals surface area contributed by atoms with Crippen LogP contribution in [0.1, 0.15) is 187 Å². The molecule has 0 amide bonds. The molecule has 0 unspecified atom stereocenters. The van der Waals surface area contributed by atoms with E-state index in [2.05, 4.69) is 24.4 Å². The Morgan fingerprint density at radius 2 is 0.694 bits per heavy atom. The van der Waals surface area contributed by atoms with Crippen LogP contribution in [0, 0.1) is 0 Å². The molecular weight excluding hydrogens is 436 g/mol. The van der Waals surface area contributed by atoms with Gasteiger partial charge < -0.3 is 11.1 Å². The van der Waals surface area contributed by atoms with Gasteiger partial charge in [0.1, 0.15) is 0 Å². The molecule has 0 aliphatic rings. The third-order valence-electron chi connectivity index (χ3n) is 7.67. The van der Waals surface area contributed by atoms with E-state index in [1.807, 2.05) is 0 Å². The van der Waals surface area contributed by atoms with E-state index in [1.165, 1.54) is 193 Å². The fraction of sp³-hybridized carbons (Fsp3) is 0.941. The van der Waals surface area contributed by atoms with Crippen molar-refractivity contribution in [3.8, 4) is 0 Å². The van der Waals surface area contributed by atoms with E-state index in [4.69, 9.17) is 5.73 Å². The van der Waals surface area contributed by atoms with Gasteiger partial charge in [0.2, 0.25) is 0 Å². The third kappa shape index (κ3) is 33.7. The molecule has 3 N–H and O–H groups in total. The SMILES string of the molecule is CCCCCCCCCCCCCCCCNCCCCCCCCC=CCCCCCCCCN. The molecule has 0 aliphatic carbocycles. The molecule has 0 bridgehead atoms.